The van der Waals surface area contributed by atoms with Gasteiger partial charge in [-0.05, 0) is 47.9 Å². The van der Waals surface area contributed by atoms with Gasteiger partial charge in [-0.1, -0.05) is 41.1 Å². The lowest BCUT2D eigenvalue weighted by atomic mass is 9.56. The normalized spacial score (nSPS) is 27.3. The van der Waals surface area contributed by atoms with Gasteiger partial charge in [0.05, 0.1) is 23.4 Å². The maximum Gasteiger partial charge on any atom is 0.191 e. The van der Waals surface area contributed by atoms with Crippen LogP contribution in [0.3, 0.4) is 0 Å². The first-order valence-electron chi connectivity index (χ1n) is 8.17. The Kier molecular flexibility index (Phi) is 4.42. The van der Waals surface area contributed by atoms with Gasteiger partial charge in [0, 0.05) is 10.4 Å². The summed E-state index contributed by atoms with van der Waals surface area (Å²) in [5.41, 5.74) is 6.90. The smallest absolute Gasteiger partial charge is 0.191 e. The van der Waals surface area contributed by atoms with Gasteiger partial charge in [-0.15, -0.1) is 0 Å². The van der Waals surface area contributed by atoms with Gasteiger partial charge in [0.15, 0.2) is 5.41 Å². The monoisotopic (exact) mass is 392 g/mol. The van der Waals surface area contributed by atoms with Crippen molar-refractivity contribution >= 4 is 15.9 Å². The summed E-state index contributed by atoms with van der Waals surface area (Å²) in [7, 11) is 0. The third-order valence-electron chi connectivity index (χ3n) is 5.32. The number of nitrogens with zero attached hydrogens (tertiary/aromatic N) is 3. The zero-order valence-electron chi connectivity index (χ0n) is 13.8. The van der Waals surface area contributed by atoms with E-state index in [0.717, 1.165) is 28.5 Å². The highest BCUT2D eigenvalue weighted by Crippen LogP contribution is 2.56. The van der Waals surface area contributed by atoms with E-state index in [1.807, 2.05) is 24.3 Å². The van der Waals surface area contributed by atoms with Crippen molar-refractivity contribution in [3.8, 4) is 18.2 Å². The van der Waals surface area contributed by atoms with Crippen molar-refractivity contribution in [2.45, 2.75) is 25.7 Å². The van der Waals surface area contributed by atoms with Crippen LogP contribution in [0.15, 0.2) is 51.7 Å². The summed E-state index contributed by atoms with van der Waals surface area (Å²) in [5, 5.41) is 29.5. The highest BCUT2D eigenvalue weighted by Gasteiger charge is 2.54. The van der Waals surface area contributed by atoms with Crippen LogP contribution in [0.4, 0.5) is 0 Å². The first-order chi connectivity index (χ1) is 12.0. The summed E-state index contributed by atoms with van der Waals surface area (Å²) in [6, 6.07) is 14.1. The number of allylic oxidation sites excluding steroid dienone is 4. The predicted octanol–water partition coefficient (Wildman–Crippen LogP) is 4.29. The van der Waals surface area contributed by atoms with Crippen LogP contribution in [-0.4, -0.2) is 0 Å². The van der Waals surface area contributed by atoms with Crippen LogP contribution in [-0.2, 0) is 0 Å². The Hall–Kier alpha value is -2.55. The van der Waals surface area contributed by atoms with Gasteiger partial charge in [0.1, 0.15) is 6.07 Å². The Morgan fingerprint density at radius 2 is 1.96 bits per heavy atom. The topological polar surface area (TPSA) is 97.4 Å². The van der Waals surface area contributed by atoms with E-state index in [2.05, 4.69) is 47.1 Å². The van der Waals surface area contributed by atoms with Crippen molar-refractivity contribution in [2.24, 2.45) is 23.0 Å². The Bertz CT molecular complexity index is 893. The maximum atomic E-state index is 9.96. The highest BCUT2D eigenvalue weighted by molar-refractivity contribution is 9.10. The minimum Gasteiger partial charge on any atom is -0.399 e. The number of benzene rings is 1. The van der Waals surface area contributed by atoms with Gasteiger partial charge in [-0.3, -0.25) is 0 Å². The molecule has 0 radical (unpaired) electrons. The van der Waals surface area contributed by atoms with Gasteiger partial charge < -0.3 is 5.73 Å². The number of nitrogens with two attached hydrogens (primary N) is 1. The number of hydrogen-bond donors (Lipinski definition) is 1. The lowest BCUT2D eigenvalue weighted by Crippen LogP contribution is -2.43. The summed E-state index contributed by atoms with van der Waals surface area (Å²) in [6.45, 7) is 2.15. The van der Waals surface area contributed by atoms with Crippen molar-refractivity contribution in [2.75, 3.05) is 0 Å². The van der Waals surface area contributed by atoms with Gasteiger partial charge in [0.25, 0.3) is 0 Å². The Morgan fingerprint density at radius 3 is 2.56 bits per heavy atom. The Balaban J connectivity index is 2.34. The lowest BCUT2D eigenvalue weighted by Gasteiger charge is -2.44. The molecule has 124 valence electrons. The second-order valence-corrected chi connectivity index (χ2v) is 7.72. The molecule has 2 aliphatic rings. The highest BCUT2D eigenvalue weighted by atomic mass is 79.9. The fourth-order valence-corrected chi connectivity index (χ4v) is 4.57. The Labute approximate surface area is 156 Å². The lowest BCUT2D eigenvalue weighted by molar-refractivity contribution is 0.284. The van der Waals surface area contributed by atoms with Crippen LogP contribution in [0.1, 0.15) is 31.2 Å². The fourth-order valence-electron chi connectivity index (χ4n) is 4.15. The van der Waals surface area contributed by atoms with Crippen molar-refractivity contribution in [3.63, 3.8) is 0 Å². The summed E-state index contributed by atoms with van der Waals surface area (Å²) >= 11 is 3.47. The second kappa shape index (κ2) is 6.40. The molecule has 0 bridgehead atoms. The number of rotatable bonds is 1. The number of halogens is 1. The van der Waals surface area contributed by atoms with Gasteiger partial charge >= 0.3 is 0 Å². The zero-order chi connectivity index (χ0) is 18.2. The van der Waals surface area contributed by atoms with Crippen LogP contribution in [0, 0.1) is 51.2 Å². The molecule has 4 nitrogen and oxygen atoms in total. The van der Waals surface area contributed by atoms with E-state index >= 15 is 0 Å². The number of hydrogen-bond acceptors (Lipinski definition) is 4. The quantitative estimate of drug-likeness (QED) is 0.770. The van der Waals surface area contributed by atoms with Gasteiger partial charge in [0.2, 0.25) is 0 Å². The molecule has 0 aromatic heterocycles. The van der Waals surface area contributed by atoms with E-state index in [1.165, 1.54) is 0 Å². The molecule has 5 heteroatoms. The van der Waals surface area contributed by atoms with Crippen LogP contribution in [0.2, 0.25) is 0 Å². The van der Waals surface area contributed by atoms with Gasteiger partial charge in [-0.2, -0.15) is 15.8 Å². The molecule has 0 fully saturated rings. The molecule has 0 aliphatic heterocycles. The second-order valence-electron chi connectivity index (χ2n) is 6.81. The molecule has 0 spiro atoms. The standard InChI is InChI=1S/C20H17BrN4/c1-12-5-6-15-16(7-12)18(13-3-2-4-14(21)8-13)20(10-23,11-24)19(25)17(15)9-22/h2-4,6,8,12,16,18H,5,7,25H2,1H3. The summed E-state index contributed by atoms with van der Waals surface area (Å²) in [5.74, 6) is -0.0387. The van der Waals surface area contributed by atoms with E-state index in [1.54, 1.807) is 0 Å². The molecule has 1 aromatic rings. The van der Waals surface area contributed by atoms with Crippen LogP contribution in [0.25, 0.3) is 0 Å². The molecular formula is C20H17BrN4. The zero-order valence-corrected chi connectivity index (χ0v) is 15.4. The summed E-state index contributed by atoms with van der Waals surface area (Å²) in [4.78, 5) is 0. The van der Waals surface area contributed by atoms with Gasteiger partial charge in [-0.25, -0.2) is 0 Å². The average Bonchev–Trinajstić information content (AvgIpc) is 2.61. The summed E-state index contributed by atoms with van der Waals surface area (Å²) < 4.78 is 0.887. The predicted molar refractivity (Wildman–Crippen MR) is 97.3 cm³/mol. The molecule has 0 saturated carbocycles. The van der Waals surface area contributed by atoms with E-state index in [9.17, 15) is 15.8 Å². The van der Waals surface area contributed by atoms with Crippen molar-refractivity contribution in [1.29, 1.82) is 15.8 Å². The molecule has 0 heterocycles. The first kappa shape index (κ1) is 17.3. The molecule has 3 unspecified atom stereocenters. The van der Waals surface area contributed by atoms with E-state index in [0.29, 0.717) is 11.5 Å². The maximum absolute atomic E-state index is 9.96. The Morgan fingerprint density at radius 1 is 1.24 bits per heavy atom. The first-order valence-corrected chi connectivity index (χ1v) is 8.96. The molecule has 0 saturated heterocycles. The van der Waals surface area contributed by atoms with E-state index in [-0.39, 0.29) is 11.6 Å². The van der Waals surface area contributed by atoms with Crippen LogP contribution < -0.4 is 5.73 Å². The third-order valence-corrected chi connectivity index (χ3v) is 5.81. The summed E-state index contributed by atoms with van der Waals surface area (Å²) in [6.07, 6.45) is 3.77. The molecule has 1 aromatic carbocycles. The van der Waals surface area contributed by atoms with Crippen LogP contribution in [0.5, 0.6) is 0 Å². The van der Waals surface area contributed by atoms with Crippen molar-refractivity contribution < 1.29 is 0 Å². The third kappa shape index (κ3) is 2.55. The fraction of sp³-hybridized carbons (Fsp3) is 0.350. The minimum absolute atomic E-state index is 0.0701. The molecule has 2 N–H and O–H groups in total. The van der Waals surface area contributed by atoms with E-state index < -0.39 is 11.3 Å². The van der Waals surface area contributed by atoms with Crippen molar-refractivity contribution in [3.05, 3.63) is 57.2 Å². The number of fused-ring (bicyclic) bond motifs is 1. The molecule has 25 heavy (non-hydrogen) atoms. The van der Waals surface area contributed by atoms with E-state index in [4.69, 9.17) is 5.73 Å². The number of nitriles is 3. The molecule has 2 aliphatic carbocycles. The molecule has 3 rings (SSSR count). The molecule has 3 atom stereocenters. The minimum atomic E-state index is -1.54. The SMILES string of the molecule is CC1CC=C2C(C#N)=C(N)C(C#N)(C#N)C(c3cccc(Br)c3)C2C1. The average molecular weight is 393 g/mol. The van der Waals surface area contributed by atoms with Crippen LogP contribution >= 0.6 is 15.9 Å². The molecule has 0 amide bonds. The van der Waals surface area contributed by atoms with Crippen molar-refractivity contribution in [1.82, 2.24) is 0 Å². The largest absolute Gasteiger partial charge is 0.399 e. The molecular weight excluding hydrogens is 376 g/mol.